The predicted octanol–water partition coefficient (Wildman–Crippen LogP) is 1.62. The highest BCUT2D eigenvalue weighted by Crippen LogP contribution is 2.18. The van der Waals surface area contributed by atoms with Crippen molar-refractivity contribution in [3.05, 3.63) is 58.8 Å². The van der Waals surface area contributed by atoms with Gasteiger partial charge in [-0.2, -0.15) is 0 Å². The van der Waals surface area contributed by atoms with E-state index in [9.17, 15) is 4.79 Å². The second-order valence-corrected chi connectivity index (χ2v) is 4.04. The number of benzene rings is 1. The molecule has 0 spiro atoms. The summed E-state index contributed by atoms with van der Waals surface area (Å²) in [5.74, 6) is 0.583. The van der Waals surface area contributed by atoms with Crippen molar-refractivity contribution >= 4 is 16.8 Å². The maximum atomic E-state index is 11.0. The highest BCUT2D eigenvalue weighted by Gasteiger charge is 2.05. The first-order chi connectivity index (χ1) is 8.70. The van der Waals surface area contributed by atoms with Crippen molar-refractivity contribution in [2.45, 2.75) is 6.54 Å². The number of nitrogens with zero attached hydrogens (tertiary/aromatic N) is 2. The Morgan fingerprint density at radius 3 is 2.78 bits per heavy atom. The summed E-state index contributed by atoms with van der Waals surface area (Å²) in [6, 6.07) is 8.36. The Balaban J connectivity index is 1.95. The zero-order valence-corrected chi connectivity index (χ0v) is 9.54. The number of anilines is 1. The van der Waals surface area contributed by atoms with Gasteiger partial charge in [0, 0.05) is 36.3 Å². The lowest BCUT2D eigenvalue weighted by Crippen LogP contribution is -2.04. The second-order valence-electron chi connectivity index (χ2n) is 4.04. The SMILES string of the molecule is Nc1ccc2nc(Cn3ccc(=O)cc3)oc2c1. The molecule has 0 aliphatic heterocycles. The molecule has 0 saturated carbocycles. The molecule has 18 heavy (non-hydrogen) atoms. The van der Waals surface area contributed by atoms with E-state index in [0.29, 0.717) is 23.7 Å². The summed E-state index contributed by atoms with van der Waals surface area (Å²) in [5.41, 5.74) is 7.75. The summed E-state index contributed by atoms with van der Waals surface area (Å²) in [7, 11) is 0. The fraction of sp³-hybridized carbons (Fsp3) is 0.0769. The summed E-state index contributed by atoms with van der Waals surface area (Å²) in [6.07, 6.45) is 3.40. The van der Waals surface area contributed by atoms with Crippen LogP contribution in [0.5, 0.6) is 0 Å². The molecule has 1 aromatic carbocycles. The van der Waals surface area contributed by atoms with E-state index < -0.39 is 0 Å². The van der Waals surface area contributed by atoms with E-state index in [4.69, 9.17) is 10.2 Å². The van der Waals surface area contributed by atoms with Crippen LogP contribution in [-0.4, -0.2) is 9.55 Å². The van der Waals surface area contributed by atoms with Gasteiger partial charge < -0.3 is 14.7 Å². The summed E-state index contributed by atoms with van der Waals surface area (Å²) < 4.78 is 7.42. The molecule has 3 rings (SSSR count). The molecule has 0 atom stereocenters. The number of nitrogen functional groups attached to an aromatic ring is 1. The topological polar surface area (TPSA) is 74.0 Å². The van der Waals surface area contributed by atoms with E-state index >= 15 is 0 Å². The zero-order chi connectivity index (χ0) is 12.5. The number of hydrogen-bond acceptors (Lipinski definition) is 4. The van der Waals surface area contributed by atoms with Crippen LogP contribution in [0.4, 0.5) is 5.69 Å². The number of fused-ring (bicyclic) bond motifs is 1. The van der Waals surface area contributed by atoms with Gasteiger partial charge >= 0.3 is 0 Å². The lowest BCUT2D eigenvalue weighted by Gasteiger charge is -2.00. The minimum absolute atomic E-state index is 0.0170. The Bertz CT molecular complexity index is 738. The first-order valence-electron chi connectivity index (χ1n) is 5.52. The van der Waals surface area contributed by atoms with Gasteiger partial charge in [-0.25, -0.2) is 4.98 Å². The molecule has 2 heterocycles. The van der Waals surface area contributed by atoms with Crippen LogP contribution in [0, 0.1) is 0 Å². The molecule has 0 amide bonds. The number of pyridine rings is 1. The van der Waals surface area contributed by atoms with Gasteiger partial charge in [-0.3, -0.25) is 4.79 Å². The van der Waals surface area contributed by atoms with Gasteiger partial charge in [0.1, 0.15) is 5.52 Å². The molecule has 0 radical (unpaired) electrons. The first-order valence-corrected chi connectivity index (χ1v) is 5.52. The number of aromatic nitrogens is 2. The summed E-state index contributed by atoms with van der Waals surface area (Å²) in [4.78, 5) is 15.3. The average molecular weight is 241 g/mol. The molecule has 2 aromatic heterocycles. The van der Waals surface area contributed by atoms with Crippen LogP contribution in [0.1, 0.15) is 5.89 Å². The van der Waals surface area contributed by atoms with Crippen molar-refractivity contribution < 1.29 is 4.42 Å². The number of nitrogens with two attached hydrogens (primary N) is 1. The van der Waals surface area contributed by atoms with Crippen molar-refractivity contribution in [1.29, 1.82) is 0 Å². The van der Waals surface area contributed by atoms with Gasteiger partial charge in [-0.15, -0.1) is 0 Å². The molecular formula is C13H11N3O2. The second kappa shape index (κ2) is 4.03. The van der Waals surface area contributed by atoms with E-state index in [2.05, 4.69) is 4.98 Å². The molecule has 5 heteroatoms. The van der Waals surface area contributed by atoms with Crippen molar-refractivity contribution in [3.8, 4) is 0 Å². The molecular weight excluding hydrogens is 230 g/mol. The lowest BCUT2D eigenvalue weighted by atomic mass is 10.3. The van der Waals surface area contributed by atoms with Crippen molar-refractivity contribution in [3.63, 3.8) is 0 Å². The van der Waals surface area contributed by atoms with Gasteiger partial charge in [0.15, 0.2) is 11.0 Å². The maximum absolute atomic E-state index is 11.0. The highest BCUT2D eigenvalue weighted by atomic mass is 16.3. The van der Waals surface area contributed by atoms with Crippen molar-refractivity contribution in [1.82, 2.24) is 9.55 Å². The minimum atomic E-state index is -0.0170. The summed E-state index contributed by atoms with van der Waals surface area (Å²) >= 11 is 0. The standard InChI is InChI=1S/C13H11N3O2/c14-9-1-2-11-12(7-9)18-13(15-11)8-16-5-3-10(17)4-6-16/h1-7H,8,14H2. The predicted molar refractivity (Wildman–Crippen MR) is 68.2 cm³/mol. The van der Waals surface area contributed by atoms with Gasteiger partial charge in [-0.05, 0) is 12.1 Å². The van der Waals surface area contributed by atoms with E-state index in [1.54, 1.807) is 24.5 Å². The quantitative estimate of drug-likeness (QED) is 0.692. The molecule has 0 unspecified atom stereocenters. The highest BCUT2D eigenvalue weighted by molar-refractivity contribution is 5.76. The molecule has 5 nitrogen and oxygen atoms in total. The van der Waals surface area contributed by atoms with E-state index in [1.807, 2.05) is 10.6 Å². The Morgan fingerprint density at radius 1 is 1.22 bits per heavy atom. The fourth-order valence-electron chi connectivity index (χ4n) is 1.76. The van der Waals surface area contributed by atoms with Crippen LogP contribution in [0.2, 0.25) is 0 Å². The number of oxazole rings is 1. The molecule has 0 bridgehead atoms. The normalized spacial score (nSPS) is 10.9. The van der Waals surface area contributed by atoms with Gasteiger partial charge in [0.05, 0.1) is 6.54 Å². The summed E-state index contributed by atoms with van der Waals surface area (Å²) in [5, 5.41) is 0. The number of hydrogen-bond donors (Lipinski definition) is 1. The Hall–Kier alpha value is -2.56. The third kappa shape index (κ3) is 1.98. The molecule has 0 aliphatic rings. The van der Waals surface area contributed by atoms with Crippen LogP contribution in [0.25, 0.3) is 11.1 Å². The van der Waals surface area contributed by atoms with Crippen molar-refractivity contribution in [2.75, 3.05) is 5.73 Å². The third-order valence-corrected chi connectivity index (χ3v) is 2.64. The van der Waals surface area contributed by atoms with Crippen LogP contribution in [0.3, 0.4) is 0 Å². The van der Waals surface area contributed by atoms with Gasteiger partial charge in [-0.1, -0.05) is 0 Å². The minimum Gasteiger partial charge on any atom is -0.439 e. The van der Waals surface area contributed by atoms with Crippen LogP contribution < -0.4 is 11.2 Å². The molecule has 0 aliphatic carbocycles. The van der Waals surface area contributed by atoms with Crippen molar-refractivity contribution in [2.24, 2.45) is 0 Å². The van der Waals surface area contributed by atoms with E-state index in [-0.39, 0.29) is 5.43 Å². The van der Waals surface area contributed by atoms with Gasteiger partial charge in [0.25, 0.3) is 0 Å². The van der Waals surface area contributed by atoms with E-state index in [0.717, 1.165) is 5.52 Å². The van der Waals surface area contributed by atoms with Gasteiger partial charge in [0.2, 0.25) is 5.89 Å². The third-order valence-electron chi connectivity index (χ3n) is 2.64. The monoisotopic (exact) mass is 241 g/mol. The largest absolute Gasteiger partial charge is 0.439 e. The Kier molecular flexibility index (Phi) is 2.37. The van der Waals surface area contributed by atoms with Crippen LogP contribution >= 0.6 is 0 Å². The summed E-state index contributed by atoms with van der Waals surface area (Å²) in [6.45, 7) is 0.481. The van der Waals surface area contributed by atoms with E-state index in [1.165, 1.54) is 12.1 Å². The molecule has 0 fully saturated rings. The van der Waals surface area contributed by atoms with Crippen LogP contribution in [-0.2, 0) is 6.54 Å². The average Bonchev–Trinajstić information content (AvgIpc) is 2.73. The number of rotatable bonds is 2. The fourth-order valence-corrected chi connectivity index (χ4v) is 1.76. The lowest BCUT2D eigenvalue weighted by molar-refractivity contribution is 0.508. The maximum Gasteiger partial charge on any atom is 0.215 e. The first kappa shape index (κ1) is 10.6. The molecule has 2 N–H and O–H groups in total. The zero-order valence-electron chi connectivity index (χ0n) is 9.54. The molecule has 0 saturated heterocycles. The van der Waals surface area contributed by atoms with Crippen LogP contribution in [0.15, 0.2) is 51.9 Å². The smallest absolute Gasteiger partial charge is 0.215 e. The Labute approximate surface area is 102 Å². The molecule has 90 valence electrons. The molecule has 3 aromatic rings. The Morgan fingerprint density at radius 2 is 2.00 bits per heavy atom.